The van der Waals surface area contributed by atoms with E-state index in [1.807, 2.05) is 12.3 Å². The number of aryl methyl sites for hydroxylation is 1. The largest absolute Gasteiger partial charge is 0.357 e. The first-order chi connectivity index (χ1) is 11.7. The normalized spacial score (nSPS) is 23.5. The van der Waals surface area contributed by atoms with Gasteiger partial charge in [0.2, 0.25) is 0 Å². The molecule has 5 nitrogen and oxygen atoms in total. The van der Waals surface area contributed by atoms with E-state index in [0.29, 0.717) is 6.04 Å². The zero-order valence-corrected chi connectivity index (χ0v) is 16.4. The Hall–Kier alpha value is -0.420. The average Bonchev–Trinajstić information content (AvgIpc) is 2.54. The van der Waals surface area contributed by atoms with Gasteiger partial charge in [0, 0.05) is 25.7 Å². The predicted molar refractivity (Wildman–Crippen MR) is 104 cm³/mol. The Bertz CT molecular complexity index is 465. The molecule has 2 aliphatic rings. The molecule has 2 fully saturated rings. The summed E-state index contributed by atoms with van der Waals surface area (Å²) >= 11 is 4.22. The summed E-state index contributed by atoms with van der Waals surface area (Å²) in [6, 6.07) is 2.44. The third-order valence-electron chi connectivity index (χ3n) is 4.80. The van der Waals surface area contributed by atoms with Gasteiger partial charge in [-0.05, 0) is 37.5 Å². The van der Waals surface area contributed by atoms with Crippen molar-refractivity contribution in [1.29, 1.82) is 0 Å². The molecule has 0 saturated heterocycles. The molecule has 7 heteroatoms. The van der Waals surface area contributed by atoms with E-state index in [-0.39, 0.29) is 6.10 Å². The molecule has 0 amide bonds. The molecule has 2 aliphatic carbocycles. The molecule has 1 atom stereocenters. The van der Waals surface area contributed by atoms with Gasteiger partial charge in [0.05, 0.1) is 6.10 Å². The van der Waals surface area contributed by atoms with Gasteiger partial charge in [-0.3, -0.25) is 0 Å². The second-order valence-corrected chi connectivity index (χ2v) is 7.33. The minimum atomic E-state index is -0.395. The van der Waals surface area contributed by atoms with Crippen LogP contribution in [-0.4, -0.2) is 39.8 Å². The zero-order chi connectivity index (χ0) is 17.2. The molecule has 24 heavy (non-hydrogen) atoms. The first-order valence-corrected chi connectivity index (χ1v) is 10.4. The van der Waals surface area contributed by atoms with Crippen molar-refractivity contribution in [2.75, 3.05) is 17.7 Å². The van der Waals surface area contributed by atoms with Crippen LogP contribution in [-0.2, 0) is 10.9 Å². The quantitative estimate of drug-likeness (QED) is 0.589. The Morgan fingerprint density at radius 2 is 1.92 bits per heavy atom. The Kier molecular flexibility index (Phi) is 9.32. The van der Waals surface area contributed by atoms with Crippen molar-refractivity contribution in [3.63, 3.8) is 0 Å². The van der Waals surface area contributed by atoms with E-state index in [1.54, 1.807) is 0 Å². The first-order valence-electron chi connectivity index (χ1n) is 8.95. The predicted octanol–water partition coefficient (Wildman–Crippen LogP) is 3.77. The Labute approximate surface area is 153 Å². The van der Waals surface area contributed by atoms with Crippen LogP contribution in [0, 0.1) is 0 Å². The molecule has 1 aromatic heterocycles. The monoisotopic (exact) mass is 371 g/mol. The lowest BCUT2D eigenvalue weighted by molar-refractivity contribution is 0.155. The minimum Gasteiger partial charge on any atom is -0.357 e. The topological polar surface area (TPSA) is 58.5 Å². The van der Waals surface area contributed by atoms with Gasteiger partial charge in [0.25, 0.3) is 0 Å². The van der Waals surface area contributed by atoms with Crippen LogP contribution in [0.2, 0.25) is 0 Å². The number of thiol groups is 1. The van der Waals surface area contributed by atoms with Crippen LogP contribution in [0.1, 0.15) is 57.2 Å². The fraction of sp³-hybridized carbons (Fsp3) is 0.765. The van der Waals surface area contributed by atoms with Gasteiger partial charge in [0.1, 0.15) is 11.6 Å². The van der Waals surface area contributed by atoms with Crippen molar-refractivity contribution in [3.05, 3.63) is 18.1 Å². The highest BCUT2D eigenvalue weighted by molar-refractivity contribution is 7.80. The van der Waals surface area contributed by atoms with E-state index in [4.69, 9.17) is 9.42 Å². The summed E-state index contributed by atoms with van der Waals surface area (Å²) in [4.78, 5) is 19.9. The number of aromatic nitrogens is 2. The van der Waals surface area contributed by atoms with Gasteiger partial charge in [-0.25, -0.2) is 9.97 Å². The third-order valence-corrected chi connectivity index (χ3v) is 5.46. The second-order valence-electron chi connectivity index (χ2n) is 6.47. The van der Waals surface area contributed by atoms with Crippen molar-refractivity contribution < 1.29 is 9.42 Å². The van der Waals surface area contributed by atoms with E-state index >= 15 is 0 Å². The van der Waals surface area contributed by atoms with E-state index in [2.05, 4.69) is 34.5 Å². The van der Waals surface area contributed by atoms with E-state index in [0.717, 1.165) is 49.5 Å². The van der Waals surface area contributed by atoms with Gasteiger partial charge in [-0.1, -0.05) is 25.7 Å². The summed E-state index contributed by atoms with van der Waals surface area (Å²) in [5, 5.41) is 0. The lowest BCUT2D eigenvalue weighted by Gasteiger charge is -2.34. The van der Waals surface area contributed by atoms with Crippen molar-refractivity contribution >= 4 is 27.5 Å². The second kappa shape index (κ2) is 11.2. The molecule has 1 unspecified atom stereocenters. The molecule has 136 valence electrons. The molecule has 0 aromatic carbocycles. The molecular formula is C17H30N3O2PS. The lowest BCUT2D eigenvalue weighted by Crippen LogP contribution is -2.37. The smallest absolute Gasteiger partial charge is 0.152 e. The van der Waals surface area contributed by atoms with Crippen LogP contribution in [0.15, 0.2) is 12.3 Å². The van der Waals surface area contributed by atoms with Crippen molar-refractivity contribution in [1.82, 2.24) is 9.97 Å². The van der Waals surface area contributed by atoms with Gasteiger partial charge < -0.3 is 14.3 Å². The first kappa shape index (κ1) is 19.9. The summed E-state index contributed by atoms with van der Waals surface area (Å²) in [5.74, 6) is 2.59. The maximum absolute atomic E-state index is 8.82. The van der Waals surface area contributed by atoms with E-state index in [1.165, 1.54) is 25.7 Å². The molecule has 1 heterocycles. The summed E-state index contributed by atoms with van der Waals surface area (Å²) < 4.78 is 5.30. The van der Waals surface area contributed by atoms with Crippen molar-refractivity contribution in [2.24, 2.45) is 0 Å². The number of hydrogen-bond acceptors (Lipinski definition) is 6. The molecule has 0 spiro atoms. The molecule has 0 bridgehead atoms. The third kappa shape index (κ3) is 6.47. The molecule has 0 radical (unpaired) electrons. The Morgan fingerprint density at radius 1 is 1.25 bits per heavy atom. The lowest BCUT2D eigenvalue weighted by atomic mass is 9.92. The molecule has 0 aliphatic heterocycles. The average molecular weight is 371 g/mol. The van der Waals surface area contributed by atoms with E-state index in [9.17, 15) is 0 Å². The SMILES string of the molecule is C1CCC1.CN(c1ccnc(CCS)n1)C1CCC(OPO)CC1. The van der Waals surface area contributed by atoms with Crippen LogP contribution < -0.4 is 4.90 Å². The summed E-state index contributed by atoms with van der Waals surface area (Å²) in [6.45, 7) is 0. The molecule has 3 rings (SSSR count). The number of hydrogen-bond donors (Lipinski definition) is 2. The van der Waals surface area contributed by atoms with Crippen LogP contribution >= 0.6 is 21.7 Å². The van der Waals surface area contributed by atoms with Gasteiger partial charge in [0.15, 0.2) is 9.03 Å². The fourth-order valence-electron chi connectivity index (χ4n) is 2.87. The van der Waals surface area contributed by atoms with Crippen LogP contribution in [0.3, 0.4) is 0 Å². The van der Waals surface area contributed by atoms with Crippen molar-refractivity contribution in [3.8, 4) is 0 Å². The highest BCUT2D eigenvalue weighted by Crippen LogP contribution is 2.29. The molecule has 1 aromatic rings. The zero-order valence-electron chi connectivity index (χ0n) is 14.5. The summed E-state index contributed by atoms with van der Waals surface area (Å²) in [7, 11) is 1.69. The van der Waals surface area contributed by atoms with Crippen molar-refractivity contribution in [2.45, 2.75) is 69.9 Å². The summed E-state index contributed by atoms with van der Waals surface area (Å²) in [6.07, 6.45) is 13.0. The number of anilines is 1. The van der Waals surface area contributed by atoms with Gasteiger partial charge in [-0.2, -0.15) is 12.6 Å². The summed E-state index contributed by atoms with van der Waals surface area (Å²) in [5.41, 5.74) is 0. The fourth-order valence-corrected chi connectivity index (χ4v) is 3.45. The van der Waals surface area contributed by atoms with E-state index < -0.39 is 9.03 Å². The molecule has 2 saturated carbocycles. The highest BCUT2D eigenvalue weighted by atomic mass is 32.1. The highest BCUT2D eigenvalue weighted by Gasteiger charge is 2.25. The standard InChI is InChI=1S/C13H22N3O2PS.C4H8/c1-16(10-2-4-11(5-3-10)18-19-17)13-6-8-14-12(15-13)7-9-20;1-2-4-3-1/h6,8,10-11,17,19-20H,2-5,7,9H2,1H3;1-4H2. The number of nitrogens with zero attached hydrogens (tertiary/aromatic N) is 3. The maximum atomic E-state index is 8.82. The van der Waals surface area contributed by atoms with Gasteiger partial charge >= 0.3 is 0 Å². The maximum Gasteiger partial charge on any atom is 0.152 e. The Morgan fingerprint density at radius 3 is 2.46 bits per heavy atom. The molecule has 1 N–H and O–H groups in total. The Balaban J connectivity index is 0.000000454. The van der Waals surface area contributed by atoms with Crippen LogP contribution in [0.25, 0.3) is 0 Å². The molecular weight excluding hydrogens is 341 g/mol. The minimum absolute atomic E-state index is 0.216. The van der Waals surface area contributed by atoms with Crippen LogP contribution in [0.4, 0.5) is 5.82 Å². The van der Waals surface area contributed by atoms with Gasteiger partial charge in [-0.15, -0.1) is 0 Å². The van der Waals surface area contributed by atoms with Crippen LogP contribution in [0.5, 0.6) is 0 Å². The number of rotatable bonds is 6.